The summed E-state index contributed by atoms with van der Waals surface area (Å²) in [6.07, 6.45) is 1.50. The number of benzene rings is 1. The second kappa shape index (κ2) is 7.86. The first-order chi connectivity index (χ1) is 7.93. The van der Waals surface area contributed by atoms with Crippen LogP contribution in [-0.4, -0.2) is 34.8 Å². The summed E-state index contributed by atoms with van der Waals surface area (Å²) in [4.78, 5) is 12.9. The van der Waals surface area contributed by atoms with Crippen molar-refractivity contribution in [3.63, 3.8) is 0 Å². The standard InChI is InChI=1S/C9H11N3O.C2H4O2/c10-9(11)6-12-5-7-3-1-2-4-8(7)13;1-2(3)4/h1-5,13H,6H2,(H3,10,11);1H3,(H,3,4). The number of carboxylic acid groups (broad SMARTS) is 1. The molecule has 0 saturated carbocycles. The lowest BCUT2D eigenvalue weighted by atomic mass is 10.2. The number of phenols is 1. The van der Waals surface area contributed by atoms with E-state index in [0.717, 1.165) is 6.92 Å². The zero-order chi connectivity index (χ0) is 13.3. The SMILES string of the molecule is CC(=O)O.N=C(N)CN=Cc1ccccc1O. The van der Waals surface area contributed by atoms with Gasteiger partial charge in [0.25, 0.3) is 5.97 Å². The summed E-state index contributed by atoms with van der Waals surface area (Å²) in [5.41, 5.74) is 5.73. The molecule has 0 radical (unpaired) electrons. The third-order valence-corrected chi connectivity index (χ3v) is 1.43. The lowest BCUT2D eigenvalue weighted by molar-refractivity contribution is -0.134. The maximum Gasteiger partial charge on any atom is 0.300 e. The van der Waals surface area contributed by atoms with Crippen LogP contribution in [0.1, 0.15) is 12.5 Å². The van der Waals surface area contributed by atoms with Gasteiger partial charge in [-0.25, -0.2) is 0 Å². The Hall–Kier alpha value is -2.37. The van der Waals surface area contributed by atoms with Crippen LogP contribution in [0.25, 0.3) is 0 Å². The van der Waals surface area contributed by atoms with Gasteiger partial charge in [0.2, 0.25) is 0 Å². The number of aromatic hydroxyl groups is 1. The minimum absolute atomic E-state index is 0.00618. The van der Waals surface area contributed by atoms with Crippen LogP contribution in [0.3, 0.4) is 0 Å². The van der Waals surface area contributed by atoms with Crippen LogP contribution in [0.2, 0.25) is 0 Å². The number of nitrogens with zero attached hydrogens (tertiary/aromatic N) is 1. The fourth-order valence-electron chi connectivity index (χ4n) is 0.839. The highest BCUT2D eigenvalue weighted by Gasteiger charge is 1.93. The van der Waals surface area contributed by atoms with Crippen molar-refractivity contribution in [2.75, 3.05) is 6.54 Å². The third-order valence-electron chi connectivity index (χ3n) is 1.43. The first kappa shape index (κ1) is 14.6. The Morgan fingerprint density at radius 1 is 1.53 bits per heavy atom. The highest BCUT2D eigenvalue weighted by Crippen LogP contribution is 2.12. The Kier molecular flexibility index (Phi) is 6.77. The molecule has 0 amide bonds. The molecule has 1 aromatic rings. The number of carboxylic acids is 1. The molecular weight excluding hydrogens is 222 g/mol. The summed E-state index contributed by atoms with van der Waals surface area (Å²) in [6.45, 7) is 1.24. The zero-order valence-corrected chi connectivity index (χ0v) is 9.42. The minimum atomic E-state index is -0.833. The summed E-state index contributed by atoms with van der Waals surface area (Å²) < 4.78 is 0. The molecule has 0 aliphatic rings. The number of hydrogen-bond acceptors (Lipinski definition) is 4. The first-order valence-corrected chi connectivity index (χ1v) is 4.73. The molecule has 6 heteroatoms. The van der Waals surface area contributed by atoms with Gasteiger partial charge in [0, 0.05) is 18.7 Å². The summed E-state index contributed by atoms with van der Waals surface area (Å²) in [5, 5.41) is 23.6. The van der Waals surface area contributed by atoms with Crippen LogP contribution in [0, 0.1) is 5.41 Å². The fourth-order valence-corrected chi connectivity index (χ4v) is 0.839. The van der Waals surface area contributed by atoms with E-state index in [4.69, 9.17) is 21.0 Å². The van der Waals surface area contributed by atoms with E-state index >= 15 is 0 Å². The highest BCUT2D eigenvalue weighted by atomic mass is 16.4. The van der Waals surface area contributed by atoms with Gasteiger partial charge in [0.15, 0.2) is 0 Å². The van der Waals surface area contributed by atoms with Gasteiger partial charge < -0.3 is 15.9 Å². The van der Waals surface area contributed by atoms with Crippen LogP contribution >= 0.6 is 0 Å². The molecule has 92 valence electrons. The van der Waals surface area contributed by atoms with Gasteiger partial charge in [-0.1, -0.05) is 12.1 Å². The van der Waals surface area contributed by atoms with Crippen LogP contribution in [0.15, 0.2) is 29.3 Å². The topological polar surface area (TPSA) is 120 Å². The van der Waals surface area contributed by atoms with E-state index in [0.29, 0.717) is 5.56 Å². The van der Waals surface area contributed by atoms with Crippen molar-refractivity contribution in [2.24, 2.45) is 10.7 Å². The van der Waals surface area contributed by atoms with Gasteiger partial charge in [-0.2, -0.15) is 0 Å². The van der Waals surface area contributed by atoms with Crippen molar-refractivity contribution >= 4 is 18.0 Å². The smallest absolute Gasteiger partial charge is 0.300 e. The predicted octanol–water partition coefficient (Wildman–Crippen LogP) is 0.838. The Balaban J connectivity index is 0.000000557. The molecule has 0 unspecified atom stereocenters. The number of nitrogens with two attached hydrogens (primary N) is 1. The predicted molar refractivity (Wildman–Crippen MR) is 65.8 cm³/mol. The van der Waals surface area contributed by atoms with Gasteiger partial charge in [-0.3, -0.25) is 15.2 Å². The van der Waals surface area contributed by atoms with Crippen molar-refractivity contribution in [3.05, 3.63) is 29.8 Å². The third kappa shape index (κ3) is 8.61. The Bertz CT molecular complexity index is 412. The van der Waals surface area contributed by atoms with E-state index in [1.807, 2.05) is 0 Å². The maximum absolute atomic E-state index is 9.30. The number of nitrogens with one attached hydrogen (secondary N) is 1. The summed E-state index contributed by atoms with van der Waals surface area (Å²) in [5.74, 6) is -0.651. The number of aliphatic imine (C=N–C) groups is 1. The largest absolute Gasteiger partial charge is 0.507 e. The van der Waals surface area contributed by atoms with E-state index in [-0.39, 0.29) is 18.1 Å². The van der Waals surface area contributed by atoms with E-state index in [1.54, 1.807) is 24.3 Å². The van der Waals surface area contributed by atoms with Crippen LogP contribution in [0.5, 0.6) is 5.75 Å². The molecule has 0 heterocycles. The van der Waals surface area contributed by atoms with E-state index in [1.165, 1.54) is 6.21 Å². The molecule has 0 aromatic heterocycles. The molecule has 1 rings (SSSR count). The van der Waals surface area contributed by atoms with Gasteiger partial charge >= 0.3 is 0 Å². The molecule has 0 aliphatic heterocycles. The Morgan fingerprint density at radius 2 is 2.06 bits per heavy atom. The minimum Gasteiger partial charge on any atom is -0.507 e. The lowest BCUT2D eigenvalue weighted by Gasteiger charge is -1.96. The van der Waals surface area contributed by atoms with Gasteiger partial charge in [0.05, 0.1) is 6.54 Å². The van der Waals surface area contributed by atoms with E-state index in [2.05, 4.69) is 4.99 Å². The first-order valence-electron chi connectivity index (χ1n) is 4.73. The lowest BCUT2D eigenvalue weighted by Crippen LogP contribution is -2.12. The summed E-state index contributed by atoms with van der Waals surface area (Å²) in [7, 11) is 0. The number of amidine groups is 1. The normalized spacial score (nSPS) is 9.47. The van der Waals surface area contributed by atoms with Crippen molar-refractivity contribution in [1.29, 1.82) is 5.41 Å². The van der Waals surface area contributed by atoms with Crippen LogP contribution < -0.4 is 5.73 Å². The molecule has 0 saturated heterocycles. The number of hydrogen-bond donors (Lipinski definition) is 4. The molecule has 17 heavy (non-hydrogen) atoms. The van der Waals surface area contributed by atoms with Crippen molar-refractivity contribution < 1.29 is 15.0 Å². The molecule has 0 aliphatic carbocycles. The molecule has 6 nitrogen and oxygen atoms in total. The second-order valence-corrected chi connectivity index (χ2v) is 3.07. The van der Waals surface area contributed by atoms with Crippen molar-refractivity contribution in [2.45, 2.75) is 6.92 Å². The molecule has 0 fully saturated rings. The number of phenolic OH excluding ortho intramolecular Hbond substituents is 1. The van der Waals surface area contributed by atoms with Crippen molar-refractivity contribution in [3.8, 4) is 5.75 Å². The average Bonchev–Trinajstić information content (AvgIpc) is 2.19. The Morgan fingerprint density at radius 3 is 2.53 bits per heavy atom. The number of carbonyl (C=O) groups is 1. The van der Waals surface area contributed by atoms with E-state index < -0.39 is 5.97 Å². The zero-order valence-electron chi connectivity index (χ0n) is 9.42. The summed E-state index contributed by atoms with van der Waals surface area (Å²) >= 11 is 0. The van der Waals surface area contributed by atoms with Gasteiger partial charge in [-0.05, 0) is 12.1 Å². The second-order valence-electron chi connectivity index (χ2n) is 3.07. The fraction of sp³-hybridized carbons (Fsp3) is 0.182. The number of para-hydroxylation sites is 1. The molecule has 1 aromatic carbocycles. The monoisotopic (exact) mass is 237 g/mol. The molecule has 5 N–H and O–H groups in total. The summed E-state index contributed by atoms with van der Waals surface area (Å²) in [6, 6.07) is 6.85. The van der Waals surface area contributed by atoms with Crippen molar-refractivity contribution in [1.82, 2.24) is 0 Å². The molecule has 0 bridgehead atoms. The van der Waals surface area contributed by atoms with Crippen LogP contribution in [0.4, 0.5) is 0 Å². The quantitative estimate of drug-likeness (QED) is 0.459. The molecule has 0 spiro atoms. The van der Waals surface area contributed by atoms with Gasteiger partial charge in [-0.15, -0.1) is 0 Å². The average molecular weight is 237 g/mol. The highest BCUT2D eigenvalue weighted by molar-refractivity contribution is 5.86. The molecule has 0 atom stereocenters. The van der Waals surface area contributed by atoms with Crippen LogP contribution in [-0.2, 0) is 4.79 Å². The number of rotatable bonds is 3. The maximum atomic E-state index is 9.30. The molecular formula is C11H15N3O3. The van der Waals surface area contributed by atoms with E-state index in [9.17, 15) is 5.11 Å². The number of aliphatic carboxylic acids is 1. The van der Waals surface area contributed by atoms with Gasteiger partial charge in [0.1, 0.15) is 11.6 Å². The Labute approximate surface area is 98.9 Å².